The average Bonchev–Trinajstić information content (AvgIpc) is 3.43. The van der Waals surface area contributed by atoms with E-state index in [1.54, 1.807) is 56.7 Å². The van der Waals surface area contributed by atoms with E-state index in [0.29, 0.717) is 41.5 Å². The lowest BCUT2D eigenvalue weighted by Gasteiger charge is -2.14. The standard InChI is InChI=1S/C22H21N3O5/c1-28-16-8-7-13(11-18(16)29-2)17-12-19(25-30-17)22(9-10-22)21(27)24-15-6-4-3-5-14(15)20(23)26/h3-8,11-12H,9-10H2,1-2H3,(H2,23,26)(H,24,27). The van der Waals surface area contributed by atoms with Crippen molar-refractivity contribution in [3.63, 3.8) is 0 Å². The maximum Gasteiger partial charge on any atom is 0.250 e. The summed E-state index contributed by atoms with van der Waals surface area (Å²) in [4.78, 5) is 24.6. The summed E-state index contributed by atoms with van der Waals surface area (Å²) in [6.07, 6.45) is 1.27. The highest BCUT2D eigenvalue weighted by Gasteiger charge is 2.54. The molecule has 8 nitrogen and oxygen atoms in total. The van der Waals surface area contributed by atoms with Crippen molar-refractivity contribution in [2.45, 2.75) is 18.3 Å². The molecule has 0 saturated heterocycles. The number of carbonyl (C=O) groups is 2. The van der Waals surface area contributed by atoms with Gasteiger partial charge in [-0.25, -0.2) is 0 Å². The fourth-order valence-corrected chi connectivity index (χ4v) is 3.40. The number of benzene rings is 2. The Balaban J connectivity index is 1.59. The summed E-state index contributed by atoms with van der Waals surface area (Å²) in [5, 5.41) is 6.96. The van der Waals surface area contributed by atoms with Gasteiger partial charge in [-0.05, 0) is 43.2 Å². The quantitative estimate of drug-likeness (QED) is 0.621. The van der Waals surface area contributed by atoms with E-state index < -0.39 is 11.3 Å². The second-order valence-electron chi connectivity index (χ2n) is 7.09. The summed E-state index contributed by atoms with van der Waals surface area (Å²) in [5.74, 6) is 0.834. The highest BCUT2D eigenvalue weighted by atomic mass is 16.5. The molecule has 1 aliphatic rings. The number of rotatable bonds is 7. The van der Waals surface area contributed by atoms with E-state index in [1.807, 2.05) is 6.07 Å². The Bertz CT molecular complexity index is 1120. The minimum atomic E-state index is -0.789. The molecule has 0 radical (unpaired) electrons. The first-order valence-electron chi connectivity index (χ1n) is 9.38. The van der Waals surface area contributed by atoms with Gasteiger partial charge in [0.05, 0.1) is 36.6 Å². The van der Waals surface area contributed by atoms with Crippen molar-refractivity contribution in [3.05, 3.63) is 59.8 Å². The van der Waals surface area contributed by atoms with Gasteiger partial charge in [0.15, 0.2) is 17.3 Å². The zero-order valence-electron chi connectivity index (χ0n) is 16.6. The smallest absolute Gasteiger partial charge is 0.250 e. The van der Waals surface area contributed by atoms with E-state index in [-0.39, 0.29) is 11.5 Å². The number of primary amides is 1. The largest absolute Gasteiger partial charge is 0.493 e. The van der Waals surface area contributed by atoms with Gasteiger partial charge in [-0.2, -0.15) is 0 Å². The Labute approximate surface area is 172 Å². The maximum atomic E-state index is 13.0. The molecule has 154 valence electrons. The van der Waals surface area contributed by atoms with Gasteiger partial charge in [0.1, 0.15) is 0 Å². The van der Waals surface area contributed by atoms with Crippen molar-refractivity contribution >= 4 is 17.5 Å². The van der Waals surface area contributed by atoms with Crippen LogP contribution in [0.1, 0.15) is 28.9 Å². The molecule has 1 heterocycles. The summed E-state index contributed by atoms with van der Waals surface area (Å²) in [5.41, 5.74) is 6.54. The van der Waals surface area contributed by atoms with E-state index in [4.69, 9.17) is 19.7 Å². The number of nitrogens with one attached hydrogen (secondary N) is 1. The van der Waals surface area contributed by atoms with Crippen LogP contribution in [0, 0.1) is 0 Å². The number of carbonyl (C=O) groups excluding carboxylic acids is 2. The summed E-state index contributed by atoms with van der Waals surface area (Å²) < 4.78 is 16.1. The molecule has 0 unspecified atom stereocenters. The molecule has 3 aromatic rings. The first kappa shape index (κ1) is 19.5. The van der Waals surface area contributed by atoms with Gasteiger partial charge < -0.3 is 25.0 Å². The predicted molar refractivity (Wildman–Crippen MR) is 110 cm³/mol. The minimum Gasteiger partial charge on any atom is -0.493 e. The van der Waals surface area contributed by atoms with Gasteiger partial charge >= 0.3 is 0 Å². The highest BCUT2D eigenvalue weighted by Crippen LogP contribution is 2.49. The molecule has 0 aliphatic heterocycles. The molecule has 0 atom stereocenters. The van der Waals surface area contributed by atoms with Gasteiger partial charge in [-0.15, -0.1) is 0 Å². The number of anilines is 1. The molecule has 1 fully saturated rings. The van der Waals surface area contributed by atoms with E-state index in [0.717, 1.165) is 5.56 Å². The first-order chi connectivity index (χ1) is 14.5. The van der Waals surface area contributed by atoms with Crippen LogP contribution in [0.3, 0.4) is 0 Å². The fourth-order valence-electron chi connectivity index (χ4n) is 3.40. The molecule has 3 N–H and O–H groups in total. The molecule has 0 bridgehead atoms. The summed E-state index contributed by atoms with van der Waals surface area (Å²) in [6.45, 7) is 0. The van der Waals surface area contributed by atoms with Crippen molar-refractivity contribution < 1.29 is 23.6 Å². The van der Waals surface area contributed by atoms with Gasteiger partial charge in [-0.3, -0.25) is 9.59 Å². The molecule has 2 aromatic carbocycles. The number of aromatic nitrogens is 1. The van der Waals surface area contributed by atoms with Gasteiger partial charge in [0.2, 0.25) is 5.91 Å². The molecule has 30 heavy (non-hydrogen) atoms. The lowest BCUT2D eigenvalue weighted by atomic mass is 9.99. The Morgan fingerprint density at radius 2 is 1.80 bits per heavy atom. The average molecular weight is 407 g/mol. The molecule has 1 aliphatic carbocycles. The number of para-hydroxylation sites is 1. The Kier molecular flexibility index (Phi) is 4.91. The molecule has 4 rings (SSSR count). The van der Waals surface area contributed by atoms with Crippen molar-refractivity contribution in [3.8, 4) is 22.8 Å². The topological polar surface area (TPSA) is 117 Å². The van der Waals surface area contributed by atoms with Crippen LogP contribution in [0.4, 0.5) is 5.69 Å². The first-order valence-corrected chi connectivity index (χ1v) is 9.38. The predicted octanol–water partition coefficient (Wildman–Crippen LogP) is 3.13. The second kappa shape index (κ2) is 7.55. The molecule has 1 saturated carbocycles. The number of nitrogens with zero attached hydrogens (tertiary/aromatic N) is 1. The molecular formula is C22H21N3O5. The third kappa shape index (κ3) is 3.36. The highest BCUT2D eigenvalue weighted by molar-refractivity contribution is 6.06. The lowest BCUT2D eigenvalue weighted by Crippen LogP contribution is -2.29. The van der Waals surface area contributed by atoms with Crippen LogP contribution in [0.25, 0.3) is 11.3 Å². The van der Waals surface area contributed by atoms with Crippen LogP contribution >= 0.6 is 0 Å². The van der Waals surface area contributed by atoms with E-state index >= 15 is 0 Å². The fraction of sp³-hybridized carbons (Fsp3) is 0.227. The number of hydrogen-bond donors (Lipinski definition) is 2. The van der Waals surface area contributed by atoms with Crippen LogP contribution in [0.15, 0.2) is 53.1 Å². The third-order valence-electron chi connectivity index (χ3n) is 5.29. The summed E-state index contributed by atoms with van der Waals surface area (Å²) >= 11 is 0. The minimum absolute atomic E-state index is 0.247. The number of nitrogens with two attached hydrogens (primary N) is 1. The lowest BCUT2D eigenvalue weighted by molar-refractivity contribution is -0.118. The van der Waals surface area contributed by atoms with Crippen molar-refractivity contribution in [2.24, 2.45) is 5.73 Å². The monoisotopic (exact) mass is 407 g/mol. The molecule has 8 heteroatoms. The molecular weight excluding hydrogens is 386 g/mol. The summed E-state index contributed by atoms with van der Waals surface area (Å²) in [7, 11) is 3.12. The zero-order chi connectivity index (χ0) is 21.3. The number of amides is 2. The van der Waals surface area contributed by atoms with Crippen LogP contribution in [-0.2, 0) is 10.2 Å². The van der Waals surface area contributed by atoms with Gasteiger partial charge in [0.25, 0.3) is 5.91 Å². The number of ether oxygens (including phenoxy) is 2. The summed E-state index contributed by atoms with van der Waals surface area (Å²) in [6, 6.07) is 13.8. The second-order valence-corrected chi connectivity index (χ2v) is 7.09. The van der Waals surface area contributed by atoms with Gasteiger partial charge in [-0.1, -0.05) is 17.3 Å². The van der Waals surface area contributed by atoms with Crippen LogP contribution < -0.4 is 20.5 Å². The normalized spacial score (nSPS) is 14.1. The molecule has 2 amide bonds. The van der Waals surface area contributed by atoms with E-state index in [9.17, 15) is 9.59 Å². The number of methoxy groups -OCH3 is 2. The van der Waals surface area contributed by atoms with E-state index in [1.165, 1.54) is 0 Å². The van der Waals surface area contributed by atoms with Crippen molar-refractivity contribution in [1.82, 2.24) is 5.16 Å². The molecule has 1 aromatic heterocycles. The Morgan fingerprint density at radius 3 is 2.47 bits per heavy atom. The van der Waals surface area contributed by atoms with Crippen LogP contribution in [-0.4, -0.2) is 31.2 Å². The van der Waals surface area contributed by atoms with Crippen LogP contribution in [0.2, 0.25) is 0 Å². The maximum absolute atomic E-state index is 13.0. The molecule has 0 spiro atoms. The Hall–Kier alpha value is -3.81. The third-order valence-corrected chi connectivity index (χ3v) is 5.29. The van der Waals surface area contributed by atoms with Crippen molar-refractivity contribution in [1.29, 1.82) is 0 Å². The zero-order valence-corrected chi connectivity index (χ0v) is 16.6. The van der Waals surface area contributed by atoms with E-state index in [2.05, 4.69) is 10.5 Å². The number of hydrogen-bond acceptors (Lipinski definition) is 6. The SMILES string of the molecule is COc1ccc(-c2cc(C3(C(=O)Nc4ccccc4C(N)=O)CC3)no2)cc1OC. The van der Waals surface area contributed by atoms with Crippen molar-refractivity contribution in [2.75, 3.05) is 19.5 Å². The Morgan fingerprint density at radius 1 is 1.07 bits per heavy atom. The van der Waals surface area contributed by atoms with Crippen LogP contribution in [0.5, 0.6) is 11.5 Å². The van der Waals surface area contributed by atoms with Gasteiger partial charge in [0, 0.05) is 11.6 Å².